The number of hydrogen-bond acceptors (Lipinski definition) is 3. The topological polar surface area (TPSA) is 63.5 Å². The zero-order valence-electron chi connectivity index (χ0n) is 10.3. The number of carbonyl (C=O) groups excluding carboxylic acids is 1. The van der Waals surface area contributed by atoms with E-state index in [-0.39, 0.29) is 11.6 Å². The lowest BCUT2D eigenvalue weighted by molar-refractivity contribution is -0.384. The van der Waals surface area contributed by atoms with Crippen LogP contribution in [-0.4, -0.2) is 17.4 Å². The Kier molecular flexibility index (Phi) is 4.20. The van der Waals surface area contributed by atoms with Crippen LogP contribution in [0, 0.1) is 17.0 Å². The highest BCUT2D eigenvalue weighted by Crippen LogP contribution is 2.25. The first-order valence-electron chi connectivity index (χ1n) is 5.50. The Morgan fingerprint density at radius 3 is 2.53 bits per heavy atom. The first-order valence-corrected chi connectivity index (χ1v) is 5.50. The van der Waals surface area contributed by atoms with Gasteiger partial charge in [-0.1, -0.05) is 6.92 Å². The number of hydrogen-bond donors (Lipinski definition) is 0. The number of non-ortho nitro benzene ring substituents is 1. The number of nitrogens with zero attached hydrogens (tertiary/aromatic N) is 2. The standard InChI is InChI=1S/C12H16N2O3/c1-4-7-13(10(3)15)12-6-5-11(14(16)17)8-9(12)2/h5-6,8H,4,7H2,1-3H3. The molecule has 0 fully saturated rings. The van der Waals surface area contributed by atoms with E-state index in [9.17, 15) is 14.9 Å². The Balaban J connectivity index is 3.12. The number of nitro benzene ring substituents is 1. The molecule has 1 amide bonds. The monoisotopic (exact) mass is 236 g/mol. The van der Waals surface area contributed by atoms with Crippen molar-refractivity contribution >= 4 is 17.3 Å². The summed E-state index contributed by atoms with van der Waals surface area (Å²) in [7, 11) is 0. The number of nitro groups is 1. The molecule has 0 aliphatic rings. The normalized spacial score (nSPS) is 10.1. The Bertz CT molecular complexity index is 443. The zero-order valence-corrected chi connectivity index (χ0v) is 10.3. The molecule has 0 unspecified atom stereocenters. The van der Waals surface area contributed by atoms with E-state index in [0.717, 1.165) is 17.7 Å². The zero-order chi connectivity index (χ0) is 13.0. The van der Waals surface area contributed by atoms with E-state index in [1.165, 1.54) is 19.1 Å². The fraction of sp³-hybridized carbons (Fsp3) is 0.417. The van der Waals surface area contributed by atoms with Crippen LogP contribution in [0.2, 0.25) is 0 Å². The minimum atomic E-state index is -0.436. The first kappa shape index (κ1) is 13.2. The van der Waals surface area contributed by atoms with E-state index < -0.39 is 4.92 Å². The van der Waals surface area contributed by atoms with Gasteiger partial charge in [0.15, 0.2) is 0 Å². The molecular formula is C12H16N2O3. The van der Waals surface area contributed by atoms with E-state index in [4.69, 9.17) is 0 Å². The van der Waals surface area contributed by atoms with Crippen LogP contribution in [0.15, 0.2) is 18.2 Å². The maximum atomic E-state index is 11.5. The average molecular weight is 236 g/mol. The van der Waals surface area contributed by atoms with Gasteiger partial charge in [-0.05, 0) is 25.0 Å². The summed E-state index contributed by atoms with van der Waals surface area (Å²) >= 11 is 0. The van der Waals surface area contributed by atoms with Crippen molar-refractivity contribution in [1.29, 1.82) is 0 Å². The number of carbonyl (C=O) groups is 1. The van der Waals surface area contributed by atoms with Crippen molar-refractivity contribution in [2.24, 2.45) is 0 Å². The summed E-state index contributed by atoms with van der Waals surface area (Å²) in [4.78, 5) is 23.3. The predicted molar refractivity (Wildman–Crippen MR) is 66.2 cm³/mol. The highest BCUT2D eigenvalue weighted by Gasteiger charge is 2.15. The third kappa shape index (κ3) is 3.03. The summed E-state index contributed by atoms with van der Waals surface area (Å²) in [6.07, 6.45) is 0.843. The number of aryl methyl sites for hydroxylation is 1. The van der Waals surface area contributed by atoms with Gasteiger partial charge >= 0.3 is 0 Å². The second-order valence-electron chi connectivity index (χ2n) is 3.90. The lowest BCUT2D eigenvalue weighted by Gasteiger charge is -2.22. The van der Waals surface area contributed by atoms with Crippen LogP contribution < -0.4 is 4.90 Å². The largest absolute Gasteiger partial charge is 0.312 e. The van der Waals surface area contributed by atoms with Crippen LogP contribution in [0.5, 0.6) is 0 Å². The molecule has 0 spiro atoms. The molecule has 0 aliphatic carbocycles. The van der Waals surface area contributed by atoms with Gasteiger partial charge < -0.3 is 4.90 Å². The quantitative estimate of drug-likeness (QED) is 0.596. The van der Waals surface area contributed by atoms with Crippen LogP contribution in [0.3, 0.4) is 0 Å². The van der Waals surface area contributed by atoms with Gasteiger partial charge in [0, 0.05) is 31.3 Å². The molecule has 1 aromatic carbocycles. The highest BCUT2D eigenvalue weighted by atomic mass is 16.6. The molecule has 0 radical (unpaired) electrons. The van der Waals surface area contributed by atoms with Crippen LogP contribution >= 0.6 is 0 Å². The van der Waals surface area contributed by atoms with Crippen molar-refractivity contribution in [2.45, 2.75) is 27.2 Å². The molecule has 5 nitrogen and oxygen atoms in total. The van der Waals surface area contributed by atoms with Crippen molar-refractivity contribution < 1.29 is 9.72 Å². The van der Waals surface area contributed by atoms with Gasteiger partial charge in [-0.15, -0.1) is 0 Å². The van der Waals surface area contributed by atoms with Crippen LogP contribution in [-0.2, 0) is 4.79 Å². The van der Waals surface area contributed by atoms with Gasteiger partial charge in [-0.25, -0.2) is 0 Å². The van der Waals surface area contributed by atoms with Crippen molar-refractivity contribution in [3.8, 4) is 0 Å². The molecule has 0 aromatic heterocycles. The van der Waals surface area contributed by atoms with E-state index in [2.05, 4.69) is 0 Å². The van der Waals surface area contributed by atoms with Gasteiger partial charge in [0.25, 0.3) is 5.69 Å². The highest BCUT2D eigenvalue weighted by molar-refractivity contribution is 5.92. The fourth-order valence-electron chi connectivity index (χ4n) is 1.73. The Morgan fingerprint density at radius 2 is 2.12 bits per heavy atom. The van der Waals surface area contributed by atoms with Crippen molar-refractivity contribution in [3.63, 3.8) is 0 Å². The molecule has 0 atom stereocenters. The number of amides is 1. The molecule has 1 aromatic rings. The third-order valence-corrected chi connectivity index (χ3v) is 2.51. The maximum Gasteiger partial charge on any atom is 0.269 e. The van der Waals surface area contributed by atoms with Crippen molar-refractivity contribution in [2.75, 3.05) is 11.4 Å². The van der Waals surface area contributed by atoms with Crippen LogP contribution in [0.25, 0.3) is 0 Å². The van der Waals surface area contributed by atoms with Crippen molar-refractivity contribution in [1.82, 2.24) is 0 Å². The van der Waals surface area contributed by atoms with E-state index in [0.29, 0.717) is 6.54 Å². The molecule has 0 saturated carbocycles. The summed E-state index contributed by atoms with van der Waals surface area (Å²) in [5.74, 6) is -0.0520. The fourth-order valence-corrected chi connectivity index (χ4v) is 1.73. The first-order chi connectivity index (χ1) is 7.97. The molecular weight excluding hydrogens is 220 g/mol. The minimum Gasteiger partial charge on any atom is -0.312 e. The molecule has 5 heteroatoms. The predicted octanol–water partition coefficient (Wildman–Crippen LogP) is 2.67. The third-order valence-electron chi connectivity index (χ3n) is 2.51. The van der Waals surface area contributed by atoms with Crippen LogP contribution in [0.1, 0.15) is 25.8 Å². The second-order valence-corrected chi connectivity index (χ2v) is 3.90. The minimum absolute atomic E-state index is 0.0475. The van der Waals surface area contributed by atoms with Crippen molar-refractivity contribution in [3.05, 3.63) is 33.9 Å². The molecule has 92 valence electrons. The molecule has 0 aliphatic heterocycles. The summed E-state index contributed by atoms with van der Waals surface area (Å²) in [5.41, 5.74) is 1.53. The van der Waals surface area contributed by atoms with E-state index in [1.54, 1.807) is 17.9 Å². The van der Waals surface area contributed by atoms with Gasteiger partial charge in [-0.2, -0.15) is 0 Å². The molecule has 17 heavy (non-hydrogen) atoms. The van der Waals surface area contributed by atoms with E-state index in [1.807, 2.05) is 6.92 Å². The Labute approximate surface area is 100 Å². The number of benzene rings is 1. The second kappa shape index (κ2) is 5.43. The molecule has 0 bridgehead atoms. The maximum absolute atomic E-state index is 11.5. The molecule has 0 N–H and O–H groups in total. The smallest absolute Gasteiger partial charge is 0.269 e. The average Bonchev–Trinajstić information content (AvgIpc) is 2.26. The Morgan fingerprint density at radius 1 is 1.47 bits per heavy atom. The SMILES string of the molecule is CCCN(C(C)=O)c1ccc([N+](=O)[O-])cc1C. The summed E-state index contributed by atoms with van der Waals surface area (Å²) < 4.78 is 0. The van der Waals surface area contributed by atoms with Gasteiger partial charge in [-0.3, -0.25) is 14.9 Å². The molecule has 0 heterocycles. The van der Waals surface area contributed by atoms with Gasteiger partial charge in [0.1, 0.15) is 0 Å². The number of rotatable bonds is 4. The van der Waals surface area contributed by atoms with E-state index >= 15 is 0 Å². The Hall–Kier alpha value is -1.91. The lowest BCUT2D eigenvalue weighted by atomic mass is 10.1. The van der Waals surface area contributed by atoms with Gasteiger partial charge in [0.2, 0.25) is 5.91 Å². The molecule has 0 saturated heterocycles. The molecule has 1 rings (SSSR count). The summed E-state index contributed by atoms with van der Waals surface area (Å²) in [6.45, 7) is 5.87. The summed E-state index contributed by atoms with van der Waals surface area (Å²) in [5, 5.41) is 10.6. The van der Waals surface area contributed by atoms with Crippen LogP contribution in [0.4, 0.5) is 11.4 Å². The lowest BCUT2D eigenvalue weighted by Crippen LogP contribution is -2.29. The summed E-state index contributed by atoms with van der Waals surface area (Å²) in [6, 6.07) is 4.54. The van der Waals surface area contributed by atoms with Gasteiger partial charge in [0.05, 0.1) is 4.92 Å². The number of anilines is 1.